The number of ether oxygens (including phenoxy) is 1. The van der Waals surface area contributed by atoms with Gasteiger partial charge in [0.25, 0.3) is 8.32 Å². The Morgan fingerprint density at radius 1 is 0.941 bits per heavy atom. The van der Waals surface area contributed by atoms with Crippen molar-refractivity contribution in [3.63, 3.8) is 0 Å². The molecule has 1 N–H and O–H groups in total. The highest BCUT2D eigenvalue weighted by molar-refractivity contribution is 6.99. The number of hydrogen-bond acceptors (Lipinski definition) is 4. The second-order valence-electron chi connectivity index (χ2n) is 11.1. The van der Waals surface area contributed by atoms with Gasteiger partial charge in [-0.3, -0.25) is 4.90 Å². The van der Waals surface area contributed by atoms with Crippen molar-refractivity contribution in [1.29, 1.82) is 0 Å². The SMILES string of the molecule is CC(C)(C)OC(=O)N1C[C@@H](CO[Si](c2ccccc2)(c2ccccc2)C(C)(C)C)C[C@@H]1C(=O)O. The Balaban J connectivity index is 1.92. The van der Waals surface area contributed by atoms with Crippen LogP contribution in [0.5, 0.6) is 0 Å². The van der Waals surface area contributed by atoms with Crippen LogP contribution in [-0.2, 0) is 14.0 Å². The summed E-state index contributed by atoms with van der Waals surface area (Å²) < 4.78 is 12.5. The standard InChI is InChI=1S/C27H37NO5Si/c1-26(2,3)33-25(31)28-18-20(17-23(28)24(29)30)19-32-34(27(4,5)6,21-13-9-7-10-14-21)22-15-11-8-12-16-22/h7-16,20,23H,17-19H2,1-6H3,(H,29,30)/t20-,23+/m0/s1. The Morgan fingerprint density at radius 3 is 1.85 bits per heavy atom. The summed E-state index contributed by atoms with van der Waals surface area (Å²) in [5, 5.41) is 11.9. The molecule has 0 radical (unpaired) electrons. The first-order valence-electron chi connectivity index (χ1n) is 11.8. The van der Waals surface area contributed by atoms with Crippen molar-refractivity contribution in [3.8, 4) is 0 Å². The highest BCUT2D eigenvalue weighted by atomic mass is 28.4. The fourth-order valence-corrected chi connectivity index (χ4v) is 9.45. The lowest BCUT2D eigenvalue weighted by Gasteiger charge is -2.43. The number of nitrogens with zero attached hydrogens (tertiary/aromatic N) is 1. The lowest BCUT2D eigenvalue weighted by atomic mass is 10.1. The van der Waals surface area contributed by atoms with Crippen molar-refractivity contribution in [2.45, 2.75) is 64.6 Å². The van der Waals surface area contributed by atoms with Gasteiger partial charge in [0.05, 0.1) is 0 Å². The van der Waals surface area contributed by atoms with Crippen LogP contribution >= 0.6 is 0 Å². The minimum atomic E-state index is -2.74. The van der Waals surface area contributed by atoms with Gasteiger partial charge in [0.2, 0.25) is 0 Å². The first-order valence-corrected chi connectivity index (χ1v) is 13.7. The number of carbonyl (C=O) groups is 2. The van der Waals surface area contributed by atoms with Gasteiger partial charge in [-0.1, -0.05) is 81.4 Å². The van der Waals surface area contributed by atoms with Crippen molar-refractivity contribution >= 4 is 30.8 Å². The molecule has 34 heavy (non-hydrogen) atoms. The van der Waals surface area contributed by atoms with Crippen molar-refractivity contribution < 1.29 is 23.9 Å². The second-order valence-corrected chi connectivity index (χ2v) is 15.4. The van der Waals surface area contributed by atoms with Crippen LogP contribution in [0.25, 0.3) is 0 Å². The highest BCUT2D eigenvalue weighted by Crippen LogP contribution is 2.38. The molecule has 184 valence electrons. The third-order valence-corrected chi connectivity index (χ3v) is 11.3. The van der Waals surface area contributed by atoms with Crippen LogP contribution in [0, 0.1) is 5.92 Å². The molecule has 2 aromatic carbocycles. The van der Waals surface area contributed by atoms with Gasteiger partial charge in [-0.15, -0.1) is 0 Å². The number of amides is 1. The first-order chi connectivity index (χ1) is 15.8. The van der Waals surface area contributed by atoms with E-state index in [1.165, 1.54) is 15.3 Å². The van der Waals surface area contributed by atoms with E-state index >= 15 is 0 Å². The average Bonchev–Trinajstić information content (AvgIpc) is 3.19. The number of benzene rings is 2. The number of carboxylic acids is 1. The summed E-state index contributed by atoms with van der Waals surface area (Å²) in [6, 6.07) is 19.8. The quantitative estimate of drug-likeness (QED) is 0.621. The highest BCUT2D eigenvalue weighted by Gasteiger charge is 2.51. The summed E-state index contributed by atoms with van der Waals surface area (Å²) in [5.41, 5.74) is -0.691. The summed E-state index contributed by atoms with van der Waals surface area (Å²) in [5.74, 6) is -1.12. The number of rotatable bonds is 6. The van der Waals surface area contributed by atoms with E-state index in [-0.39, 0.29) is 11.0 Å². The molecule has 0 spiro atoms. The Morgan fingerprint density at radius 2 is 1.44 bits per heavy atom. The van der Waals surface area contributed by atoms with Crippen LogP contribution in [0.1, 0.15) is 48.0 Å². The molecule has 1 amide bonds. The van der Waals surface area contributed by atoms with Crippen molar-refractivity contribution in [2.75, 3.05) is 13.2 Å². The van der Waals surface area contributed by atoms with E-state index in [0.29, 0.717) is 19.6 Å². The number of hydrogen-bond donors (Lipinski definition) is 1. The molecule has 0 saturated carbocycles. The predicted molar refractivity (Wildman–Crippen MR) is 136 cm³/mol. The summed E-state index contributed by atoms with van der Waals surface area (Å²) in [6.45, 7) is 12.6. The maximum atomic E-state index is 12.7. The van der Waals surface area contributed by atoms with Gasteiger partial charge in [0.15, 0.2) is 0 Å². The predicted octanol–water partition coefficient (Wildman–Crippen LogP) is 4.27. The molecule has 1 fully saturated rings. The average molecular weight is 484 g/mol. The first kappa shape index (κ1) is 26.0. The topological polar surface area (TPSA) is 76.1 Å². The Hall–Kier alpha value is -2.64. The fraction of sp³-hybridized carbons (Fsp3) is 0.481. The van der Waals surface area contributed by atoms with Crippen LogP contribution in [0.15, 0.2) is 60.7 Å². The van der Waals surface area contributed by atoms with E-state index in [2.05, 4.69) is 45.0 Å². The van der Waals surface area contributed by atoms with Gasteiger partial charge in [0, 0.05) is 19.1 Å². The molecule has 7 heteroatoms. The van der Waals surface area contributed by atoms with E-state index in [9.17, 15) is 14.7 Å². The van der Waals surface area contributed by atoms with Gasteiger partial charge in [-0.25, -0.2) is 9.59 Å². The maximum absolute atomic E-state index is 12.7. The van der Waals surface area contributed by atoms with Gasteiger partial charge in [-0.05, 0) is 42.6 Å². The summed E-state index contributed by atoms with van der Waals surface area (Å²) in [7, 11) is -2.74. The van der Waals surface area contributed by atoms with Gasteiger partial charge in [0.1, 0.15) is 11.6 Å². The fourth-order valence-electron chi connectivity index (χ4n) is 4.80. The molecule has 3 rings (SSSR count). The molecule has 2 aromatic rings. The molecule has 0 bridgehead atoms. The molecular formula is C27H37NO5Si. The van der Waals surface area contributed by atoms with Crippen LogP contribution < -0.4 is 10.4 Å². The zero-order chi connectivity index (χ0) is 25.1. The van der Waals surface area contributed by atoms with Crippen molar-refractivity contribution in [3.05, 3.63) is 60.7 Å². The number of carboxylic acid groups (broad SMARTS) is 1. The number of carbonyl (C=O) groups excluding carboxylic acids is 1. The smallest absolute Gasteiger partial charge is 0.411 e. The van der Waals surface area contributed by atoms with Crippen molar-refractivity contribution in [1.82, 2.24) is 4.90 Å². The molecule has 1 aliphatic heterocycles. The van der Waals surface area contributed by atoms with Gasteiger partial charge >= 0.3 is 12.1 Å². The Bertz CT molecular complexity index is 942. The molecular weight excluding hydrogens is 446 g/mol. The van der Waals surface area contributed by atoms with Crippen LogP contribution in [0.3, 0.4) is 0 Å². The lowest BCUT2D eigenvalue weighted by molar-refractivity contribution is -0.142. The molecule has 1 saturated heterocycles. The Kier molecular flexibility index (Phi) is 7.58. The minimum absolute atomic E-state index is 0.102. The van der Waals surface area contributed by atoms with E-state index in [4.69, 9.17) is 9.16 Å². The zero-order valence-electron chi connectivity index (χ0n) is 21.1. The van der Waals surface area contributed by atoms with E-state index in [1.54, 1.807) is 20.8 Å². The van der Waals surface area contributed by atoms with E-state index < -0.39 is 32.0 Å². The maximum Gasteiger partial charge on any atom is 0.411 e. The van der Waals surface area contributed by atoms with E-state index in [1.807, 2.05) is 36.4 Å². The second kappa shape index (κ2) is 9.92. The van der Waals surface area contributed by atoms with Gasteiger partial charge < -0.3 is 14.3 Å². The van der Waals surface area contributed by atoms with Gasteiger partial charge in [-0.2, -0.15) is 0 Å². The largest absolute Gasteiger partial charge is 0.480 e. The van der Waals surface area contributed by atoms with Crippen molar-refractivity contribution in [2.24, 2.45) is 5.92 Å². The third-order valence-electron chi connectivity index (χ3n) is 6.25. The molecule has 1 aliphatic rings. The normalized spacial score (nSPS) is 19.2. The Labute approximate surface area is 204 Å². The molecule has 0 aliphatic carbocycles. The minimum Gasteiger partial charge on any atom is -0.480 e. The third kappa shape index (κ3) is 5.53. The van der Waals surface area contributed by atoms with Crippen LogP contribution in [0.4, 0.5) is 4.79 Å². The summed E-state index contributed by atoms with van der Waals surface area (Å²) in [6.07, 6.45) is -0.250. The number of aliphatic carboxylic acids is 1. The summed E-state index contributed by atoms with van der Waals surface area (Å²) in [4.78, 5) is 26.0. The zero-order valence-corrected chi connectivity index (χ0v) is 22.1. The monoisotopic (exact) mass is 483 g/mol. The molecule has 1 heterocycles. The van der Waals surface area contributed by atoms with E-state index in [0.717, 1.165) is 0 Å². The molecule has 2 atom stereocenters. The molecule has 0 unspecified atom stereocenters. The lowest BCUT2D eigenvalue weighted by Crippen LogP contribution is -2.67. The molecule has 6 nitrogen and oxygen atoms in total. The molecule has 0 aromatic heterocycles. The number of likely N-dealkylation sites (tertiary alicyclic amines) is 1. The van der Waals surface area contributed by atoms with Crippen LogP contribution in [-0.4, -0.2) is 55.2 Å². The summed E-state index contributed by atoms with van der Waals surface area (Å²) >= 11 is 0. The van der Waals surface area contributed by atoms with Crippen LogP contribution in [0.2, 0.25) is 5.04 Å².